The molecule has 0 spiro atoms. The minimum Gasteiger partial charge on any atom is -0.508 e. The monoisotopic (exact) mass is 193 g/mol. The first-order chi connectivity index (χ1) is 6.59. The van der Waals surface area contributed by atoms with E-state index in [-0.39, 0.29) is 11.8 Å². The Hall–Kier alpha value is -1.71. The first kappa shape index (κ1) is 8.87. The number of aromatic hydroxyl groups is 1. The Bertz CT molecular complexity index is 522. The molecule has 0 amide bonds. The number of aromatic nitrogens is 1. The van der Waals surface area contributed by atoms with E-state index in [1.807, 2.05) is 13.8 Å². The average Bonchev–Trinajstić information content (AvgIpc) is 2.44. The molecule has 0 radical (unpaired) electrons. The van der Waals surface area contributed by atoms with Crippen LogP contribution in [0, 0.1) is 0 Å². The largest absolute Gasteiger partial charge is 0.508 e. The number of rotatable bonds is 1. The number of phenolic OH excluding ortho intramolecular Hbond substituents is 1. The van der Waals surface area contributed by atoms with Crippen molar-refractivity contribution in [2.75, 3.05) is 0 Å². The maximum atomic E-state index is 11.4. The summed E-state index contributed by atoms with van der Waals surface area (Å²) in [6.45, 7) is 3.85. The number of hydrogen-bond acceptors (Lipinski definition) is 3. The molecule has 1 aromatic heterocycles. The van der Waals surface area contributed by atoms with Gasteiger partial charge in [-0.2, -0.15) is 0 Å². The third kappa shape index (κ3) is 1.19. The topological polar surface area (TPSA) is 55.4 Å². The Morgan fingerprint density at radius 2 is 2.14 bits per heavy atom. The van der Waals surface area contributed by atoms with Crippen molar-refractivity contribution in [2.24, 2.45) is 0 Å². The molecular formula is C10H11NO3. The molecule has 1 N–H and O–H groups in total. The maximum Gasteiger partial charge on any atom is 0.365 e. The maximum absolute atomic E-state index is 11.4. The van der Waals surface area contributed by atoms with E-state index < -0.39 is 5.63 Å². The number of hydrogen-bond donors (Lipinski definition) is 1. The second-order valence-corrected chi connectivity index (χ2v) is 3.50. The number of fused-ring (bicyclic) bond motifs is 1. The zero-order chi connectivity index (χ0) is 10.3. The summed E-state index contributed by atoms with van der Waals surface area (Å²) in [7, 11) is 0. The summed E-state index contributed by atoms with van der Waals surface area (Å²) in [5.41, 5.74) is 0.299. The Labute approximate surface area is 80.3 Å². The van der Waals surface area contributed by atoms with Crippen LogP contribution >= 0.6 is 0 Å². The number of benzene rings is 1. The normalized spacial score (nSPS) is 11.4. The van der Waals surface area contributed by atoms with Crippen LogP contribution in [-0.4, -0.2) is 9.85 Å². The van der Waals surface area contributed by atoms with Gasteiger partial charge in [0.2, 0.25) is 0 Å². The van der Waals surface area contributed by atoms with Crippen LogP contribution in [0.25, 0.3) is 10.9 Å². The highest BCUT2D eigenvalue weighted by molar-refractivity contribution is 5.79. The van der Waals surface area contributed by atoms with E-state index in [0.717, 1.165) is 0 Å². The predicted octanol–water partition coefficient (Wildman–Crippen LogP) is 1.88. The lowest BCUT2D eigenvalue weighted by molar-refractivity contribution is 0.234. The van der Waals surface area contributed by atoms with Crippen molar-refractivity contribution in [1.29, 1.82) is 0 Å². The highest BCUT2D eigenvalue weighted by Crippen LogP contribution is 2.20. The smallest absolute Gasteiger partial charge is 0.365 e. The molecule has 14 heavy (non-hydrogen) atoms. The molecular weight excluding hydrogens is 182 g/mol. The fourth-order valence-corrected chi connectivity index (χ4v) is 1.45. The van der Waals surface area contributed by atoms with E-state index >= 15 is 0 Å². The first-order valence-electron chi connectivity index (χ1n) is 4.44. The van der Waals surface area contributed by atoms with E-state index in [4.69, 9.17) is 4.52 Å². The van der Waals surface area contributed by atoms with Crippen molar-refractivity contribution in [3.8, 4) is 5.75 Å². The zero-order valence-electron chi connectivity index (χ0n) is 8.02. The molecule has 0 aliphatic rings. The van der Waals surface area contributed by atoms with Gasteiger partial charge in [-0.1, -0.05) is 0 Å². The van der Waals surface area contributed by atoms with E-state index in [1.165, 1.54) is 16.9 Å². The van der Waals surface area contributed by atoms with Crippen LogP contribution in [0.1, 0.15) is 19.9 Å². The van der Waals surface area contributed by atoms with Gasteiger partial charge in [0.15, 0.2) is 0 Å². The lowest BCUT2D eigenvalue weighted by Crippen LogP contribution is -1.99. The van der Waals surface area contributed by atoms with Gasteiger partial charge < -0.3 is 9.63 Å². The van der Waals surface area contributed by atoms with Crippen molar-refractivity contribution in [3.05, 3.63) is 28.6 Å². The summed E-state index contributed by atoms with van der Waals surface area (Å²) in [6.07, 6.45) is 0. The SMILES string of the molecule is CC(C)n1oc(=O)c2cc(O)ccc21. The predicted molar refractivity (Wildman–Crippen MR) is 52.5 cm³/mol. The molecule has 2 rings (SSSR count). The molecule has 0 saturated heterocycles. The molecule has 2 aromatic rings. The molecule has 0 aliphatic carbocycles. The molecule has 0 aliphatic heterocycles. The van der Waals surface area contributed by atoms with E-state index in [1.54, 1.807) is 6.07 Å². The van der Waals surface area contributed by atoms with Gasteiger partial charge in [-0.05, 0) is 32.0 Å². The minimum absolute atomic E-state index is 0.0753. The fourth-order valence-electron chi connectivity index (χ4n) is 1.45. The summed E-state index contributed by atoms with van der Waals surface area (Å²) >= 11 is 0. The van der Waals surface area contributed by atoms with Gasteiger partial charge in [-0.25, -0.2) is 9.53 Å². The second kappa shape index (κ2) is 2.90. The van der Waals surface area contributed by atoms with Crippen molar-refractivity contribution in [1.82, 2.24) is 4.74 Å². The molecule has 4 nitrogen and oxygen atoms in total. The Morgan fingerprint density at radius 1 is 1.43 bits per heavy atom. The average molecular weight is 193 g/mol. The first-order valence-corrected chi connectivity index (χ1v) is 4.44. The molecule has 0 atom stereocenters. The van der Waals surface area contributed by atoms with Gasteiger partial charge in [-0.15, -0.1) is 0 Å². The molecule has 74 valence electrons. The number of phenols is 1. The van der Waals surface area contributed by atoms with Crippen LogP contribution in [0.2, 0.25) is 0 Å². The summed E-state index contributed by atoms with van der Waals surface area (Å²) in [4.78, 5) is 11.4. The van der Waals surface area contributed by atoms with Crippen molar-refractivity contribution >= 4 is 10.9 Å². The van der Waals surface area contributed by atoms with Crippen LogP contribution < -0.4 is 5.63 Å². The third-order valence-corrected chi connectivity index (χ3v) is 2.09. The van der Waals surface area contributed by atoms with Gasteiger partial charge in [0.1, 0.15) is 5.75 Å². The van der Waals surface area contributed by atoms with Gasteiger partial charge in [-0.3, -0.25) is 0 Å². The molecule has 0 unspecified atom stereocenters. The lowest BCUT2D eigenvalue weighted by atomic mass is 10.2. The summed E-state index contributed by atoms with van der Waals surface area (Å²) < 4.78 is 6.57. The zero-order valence-corrected chi connectivity index (χ0v) is 8.02. The third-order valence-electron chi connectivity index (χ3n) is 2.09. The van der Waals surface area contributed by atoms with Crippen molar-refractivity contribution in [2.45, 2.75) is 19.9 Å². The van der Waals surface area contributed by atoms with Crippen molar-refractivity contribution in [3.63, 3.8) is 0 Å². The summed E-state index contributed by atoms with van der Waals surface area (Å²) in [6, 6.07) is 4.72. The van der Waals surface area contributed by atoms with Crippen LogP contribution in [0.4, 0.5) is 0 Å². The van der Waals surface area contributed by atoms with Gasteiger partial charge >= 0.3 is 5.63 Å². The molecule has 1 aromatic carbocycles. The Balaban J connectivity index is 2.84. The standard InChI is InChI=1S/C10H11NO3/c1-6(2)11-9-4-3-7(12)5-8(9)10(13)14-11/h3-6,12H,1-2H3. The van der Waals surface area contributed by atoms with E-state index in [9.17, 15) is 9.90 Å². The summed E-state index contributed by atoms with van der Waals surface area (Å²) in [5, 5.41) is 9.63. The van der Waals surface area contributed by atoms with E-state index in [0.29, 0.717) is 10.9 Å². The number of nitrogens with zero attached hydrogens (tertiary/aromatic N) is 1. The molecule has 1 heterocycles. The molecule has 0 bridgehead atoms. The van der Waals surface area contributed by atoms with Gasteiger partial charge in [0, 0.05) is 0 Å². The van der Waals surface area contributed by atoms with Crippen LogP contribution in [-0.2, 0) is 0 Å². The van der Waals surface area contributed by atoms with Crippen LogP contribution in [0.5, 0.6) is 5.75 Å². The highest BCUT2D eigenvalue weighted by atomic mass is 16.5. The Morgan fingerprint density at radius 3 is 2.79 bits per heavy atom. The summed E-state index contributed by atoms with van der Waals surface area (Å²) in [5.74, 6) is 0.0753. The molecule has 4 heteroatoms. The van der Waals surface area contributed by atoms with Gasteiger partial charge in [0.25, 0.3) is 0 Å². The van der Waals surface area contributed by atoms with Gasteiger partial charge in [0.05, 0.1) is 16.9 Å². The van der Waals surface area contributed by atoms with Crippen molar-refractivity contribution < 1.29 is 9.63 Å². The van der Waals surface area contributed by atoms with Crippen LogP contribution in [0.15, 0.2) is 27.5 Å². The molecule has 0 fully saturated rings. The minimum atomic E-state index is -0.412. The highest BCUT2D eigenvalue weighted by Gasteiger charge is 2.11. The van der Waals surface area contributed by atoms with E-state index in [2.05, 4.69) is 0 Å². The Kier molecular flexibility index (Phi) is 1.84. The van der Waals surface area contributed by atoms with Crippen LogP contribution in [0.3, 0.4) is 0 Å². The second-order valence-electron chi connectivity index (χ2n) is 3.50. The lowest BCUT2D eigenvalue weighted by Gasteiger charge is -2.04. The molecule has 0 saturated carbocycles. The quantitative estimate of drug-likeness (QED) is 0.752. The fraction of sp³-hybridized carbons (Fsp3) is 0.300.